The third-order valence-corrected chi connectivity index (χ3v) is 20.3. The Morgan fingerprint density at radius 1 is 0.833 bits per heavy atom. The number of pyridine rings is 1. The predicted octanol–water partition coefficient (Wildman–Crippen LogP) is 9.43. The first-order valence-electron chi connectivity index (χ1n) is 29.0. The van der Waals surface area contributed by atoms with Crippen molar-refractivity contribution in [3.8, 4) is 5.75 Å². The fourth-order valence-corrected chi connectivity index (χ4v) is 15.2. The van der Waals surface area contributed by atoms with E-state index in [1.807, 2.05) is 56.0 Å². The van der Waals surface area contributed by atoms with Gasteiger partial charge in [0.15, 0.2) is 11.4 Å². The number of oxazole rings is 1. The zero-order valence-corrected chi connectivity index (χ0v) is 51.7. The molecule has 3 N–H and O–H groups in total. The molecule has 3 aliphatic rings. The van der Waals surface area contributed by atoms with Crippen molar-refractivity contribution in [3.63, 3.8) is 0 Å². The highest BCUT2D eigenvalue weighted by atomic mass is 79.9. The van der Waals surface area contributed by atoms with E-state index in [1.54, 1.807) is 37.6 Å². The Morgan fingerprint density at radius 3 is 2.21 bits per heavy atom. The zero-order valence-electron chi connectivity index (χ0n) is 48.4. The van der Waals surface area contributed by atoms with Crippen LogP contribution in [0.5, 0.6) is 5.75 Å². The summed E-state index contributed by atoms with van der Waals surface area (Å²) in [6.45, 7) is 17.6. The Kier molecular flexibility index (Phi) is 18.3. The average molecular weight is 1250 g/mol. The average Bonchev–Trinajstić information content (AvgIpc) is 2.52. The number of fused-ring (bicyclic) bond motifs is 2. The van der Waals surface area contributed by atoms with Crippen LogP contribution in [-0.2, 0) is 41.6 Å². The molecule has 3 aliphatic heterocycles. The lowest BCUT2D eigenvalue weighted by Crippen LogP contribution is -2.55. The molecular weight excluding hydrogens is 1170 g/mol. The number of anilines is 6. The smallest absolute Gasteiger partial charge is 0.420 e. The van der Waals surface area contributed by atoms with Crippen molar-refractivity contribution in [3.05, 3.63) is 111 Å². The van der Waals surface area contributed by atoms with E-state index in [4.69, 9.17) is 19.1 Å². The number of amides is 3. The molecule has 7 aromatic rings. The van der Waals surface area contributed by atoms with Gasteiger partial charge in [0.05, 0.1) is 45.8 Å². The number of piperazine rings is 1. The molecule has 20 nitrogen and oxygen atoms in total. The van der Waals surface area contributed by atoms with Crippen molar-refractivity contribution in [1.82, 2.24) is 34.6 Å². The number of para-hydroxylation sites is 1. The van der Waals surface area contributed by atoms with E-state index in [0.29, 0.717) is 115 Å². The third kappa shape index (κ3) is 12.5. The summed E-state index contributed by atoms with van der Waals surface area (Å²) in [6.07, 6.45) is 7.31. The number of imide groups is 1. The lowest BCUT2D eigenvalue weighted by molar-refractivity contribution is -0.138. The molecule has 23 heteroatoms. The largest absolute Gasteiger partial charge is 0.492 e. The third-order valence-electron chi connectivity index (χ3n) is 16.5. The Morgan fingerprint density at radius 2 is 1.55 bits per heavy atom. The maximum Gasteiger partial charge on any atom is 0.420 e. The number of benzene rings is 4. The van der Waals surface area contributed by atoms with E-state index < -0.39 is 34.7 Å². The summed E-state index contributed by atoms with van der Waals surface area (Å²) >= 11 is 3.41. The Bertz CT molecular complexity index is 3810. The van der Waals surface area contributed by atoms with Crippen LogP contribution in [0.3, 0.4) is 0 Å². The molecule has 3 amide bonds. The van der Waals surface area contributed by atoms with Gasteiger partial charge in [0, 0.05) is 96.9 Å². The number of ether oxygens (including phenoxy) is 1. The quantitative estimate of drug-likeness (QED) is 0.0476. The normalized spacial score (nSPS) is 16.2. The van der Waals surface area contributed by atoms with Gasteiger partial charge in [-0.25, -0.2) is 18.2 Å². The number of hydrogen-bond donors (Lipinski definition) is 3. The fourth-order valence-electron chi connectivity index (χ4n) is 12.2. The maximum absolute atomic E-state index is 14.4. The molecule has 3 aromatic heterocycles. The summed E-state index contributed by atoms with van der Waals surface area (Å²) in [6, 6.07) is 22.9. The first-order valence-corrected chi connectivity index (χ1v) is 33.9. The van der Waals surface area contributed by atoms with Crippen LogP contribution in [-0.4, -0.2) is 134 Å². The van der Waals surface area contributed by atoms with Crippen LogP contribution in [0.15, 0.2) is 109 Å². The van der Waals surface area contributed by atoms with Crippen LogP contribution in [0.2, 0.25) is 0 Å². The molecule has 0 saturated carbocycles. The summed E-state index contributed by atoms with van der Waals surface area (Å²) in [5, 5.41) is 10.1. The number of hydrogen-bond acceptors (Lipinski definition) is 17. The predicted molar refractivity (Wildman–Crippen MR) is 332 cm³/mol. The number of aryl methyl sites for hydroxylation is 2. The highest BCUT2D eigenvalue weighted by Gasteiger charge is 2.35. The van der Waals surface area contributed by atoms with Crippen molar-refractivity contribution >= 4 is 113 Å². The summed E-state index contributed by atoms with van der Waals surface area (Å²) in [4.78, 5) is 74.4. The topological polar surface area (TPSA) is 235 Å². The number of nitrogens with zero attached hydrogens (tertiary/aromatic N) is 8. The van der Waals surface area contributed by atoms with Gasteiger partial charge < -0.3 is 39.1 Å². The van der Waals surface area contributed by atoms with Gasteiger partial charge >= 0.3 is 5.76 Å². The standard InChI is InChI=1S/C61H73BrN11O9PS/c1-7-12-51(58(75)64-38-74)73-50-14-11-13-49(55(50)82-61(73)77)70-27-23-40(24-28-70)59(76)72-33-31-69(32-34-72)43-25-29-71(30-26-43)52-36-53(81-10-4)48(35-39(52)8-2)67-60-63-37-54(84(79,80)44-18-15-41(62)16-19-44)57(68-60)66-47-22-21-46-45(56(47)83(5,6)78)20-17-42(9-3)65-46/h11,13-22,35-38,40,43,51H,7-10,12,23-34H2,1-6H3,(H,64,74,75)(H2,63,66,67,68). The number of halogens is 1. The van der Waals surface area contributed by atoms with E-state index in [-0.39, 0.29) is 33.4 Å². The lowest BCUT2D eigenvalue weighted by Gasteiger charge is -2.44. The van der Waals surface area contributed by atoms with Gasteiger partial charge in [-0.3, -0.25) is 34.2 Å². The Balaban J connectivity index is 0.799. The van der Waals surface area contributed by atoms with Gasteiger partial charge in [0.1, 0.15) is 23.8 Å². The summed E-state index contributed by atoms with van der Waals surface area (Å²) in [7, 11) is -7.17. The van der Waals surface area contributed by atoms with Crippen LogP contribution in [0, 0.1) is 5.92 Å². The maximum atomic E-state index is 14.4. The molecule has 3 saturated heterocycles. The first kappa shape index (κ1) is 60.0. The number of aromatic nitrogens is 4. The van der Waals surface area contributed by atoms with E-state index in [2.05, 4.69) is 70.6 Å². The van der Waals surface area contributed by atoms with E-state index >= 15 is 0 Å². The van der Waals surface area contributed by atoms with Crippen LogP contribution < -0.4 is 41.5 Å². The van der Waals surface area contributed by atoms with Gasteiger partial charge in [0.25, 0.3) is 0 Å². The number of carbonyl (C=O) groups excluding carboxylic acids is 3. The summed E-state index contributed by atoms with van der Waals surface area (Å²) < 4.78 is 57.2. The van der Waals surface area contributed by atoms with Crippen molar-refractivity contribution in [2.45, 2.75) is 101 Å². The highest BCUT2D eigenvalue weighted by Crippen LogP contribution is 2.43. The minimum atomic E-state index is -4.17. The SMILES string of the molecule is CCCC(C(=O)NC=O)n1c(=O)oc2c(N3CCC(C(=O)N4CCN(C5CCN(c6cc(OCC)c(Nc7ncc(S(=O)(=O)c8ccc(Br)cc8)c(Nc8ccc9nc(CC)ccc9c8P(C)(C)=O)n7)cc6CC)CC5)CC4)CC3)cccc21. The van der Waals surface area contributed by atoms with Crippen LogP contribution in [0.25, 0.3) is 22.0 Å². The molecule has 4 aromatic carbocycles. The molecule has 10 rings (SSSR count). The van der Waals surface area contributed by atoms with Gasteiger partial charge in [-0.2, -0.15) is 4.98 Å². The second-order valence-electron chi connectivity index (χ2n) is 22.0. The summed E-state index contributed by atoms with van der Waals surface area (Å²) in [5.41, 5.74) is 6.45. The molecular formula is C61H73BrN11O9PS. The van der Waals surface area contributed by atoms with Crippen molar-refractivity contribution in [2.75, 3.05) is 92.7 Å². The monoisotopic (exact) mass is 1250 g/mol. The minimum Gasteiger partial charge on any atom is -0.492 e. The van der Waals surface area contributed by atoms with Crippen LogP contribution in [0.4, 0.5) is 34.5 Å². The summed E-state index contributed by atoms with van der Waals surface area (Å²) in [5.74, 6) is -0.418. The van der Waals surface area contributed by atoms with E-state index in [0.717, 1.165) is 79.0 Å². The molecule has 6 heterocycles. The molecule has 0 bridgehead atoms. The number of rotatable bonds is 20. The molecule has 1 unspecified atom stereocenters. The second kappa shape index (κ2) is 25.6. The molecule has 0 radical (unpaired) electrons. The van der Waals surface area contributed by atoms with Gasteiger partial charge in [-0.05, 0) is 131 Å². The van der Waals surface area contributed by atoms with E-state index in [9.17, 15) is 32.2 Å². The Hall–Kier alpha value is -7.13. The lowest BCUT2D eigenvalue weighted by atomic mass is 9.94. The number of sulfone groups is 1. The minimum absolute atomic E-state index is 0.00243. The van der Waals surface area contributed by atoms with Crippen LogP contribution in [0.1, 0.15) is 83.5 Å². The van der Waals surface area contributed by atoms with Gasteiger partial charge in [0.2, 0.25) is 34.0 Å². The van der Waals surface area contributed by atoms with Crippen molar-refractivity contribution in [2.24, 2.45) is 5.92 Å². The molecule has 3 fully saturated rings. The molecule has 0 spiro atoms. The molecule has 84 heavy (non-hydrogen) atoms. The van der Waals surface area contributed by atoms with Crippen molar-refractivity contribution < 1.29 is 36.5 Å². The Labute approximate surface area is 498 Å². The van der Waals surface area contributed by atoms with E-state index in [1.165, 1.54) is 22.9 Å². The molecule has 444 valence electrons. The molecule has 0 aliphatic carbocycles. The second-order valence-corrected chi connectivity index (χ2v) is 28.0. The van der Waals surface area contributed by atoms with Crippen LogP contribution >= 0.6 is 23.1 Å². The first-order chi connectivity index (χ1) is 40.4. The highest BCUT2D eigenvalue weighted by molar-refractivity contribution is 9.10. The number of piperidine rings is 2. The van der Waals surface area contributed by atoms with Gasteiger partial charge in [-0.15, -0.1) is 0 Å². The zero-order chi connectivity index (χ0) is 59.5. The van der Waals surface area contributed by atoms with Crippen molar-refractivity contribution in [1.29, 1.82) is 0 Å². The molecule has 1 atom stereocenters. The number of carbonyl (C=O) groups is 3. The fraction of sp³-hybridized carbons (Fsp3) is 0.426. The van der Waals surface area contributed by atoms with Gasteiger partial charge in [-0.1, -0.05) is 55.3 Å². The number of nitrogens with one attached hydrogen (secondary N) is 3.